The van der Waals surface area contributed by atoms with Gasteiger partial charge in [0.2, 0.25) is 0 Å². The molecule has 1 N–H and O–H groups in total. The third kappa shape index (κ3) is 4.82. The third-order valence-electron chi connectivity index (χ3n) is 7.02. The highest BCUT2D eigenvalue weighted by atomic mass is 79.9. The highest BCUT2D eigenvalue weighted by Gasteiger charge is 2.40. The van der Waals surface area contributed by atoms with E-state index in [-0.39, 0.29) is 16.9 Å². The van der Waals surface area contributed by atoms with E-state index < -0.39 is 16.1 Å². The minimum Gasteiger partial charge on any atom is -0.322 e. The molecule has 4 aromatic carbocycles. The first-order valence-electron chi connectivity index (χ1n) is 12.6. The molecule has 1 aliphatic rings. The van der Waals surface area contributed by atoms with Crippen LogP contribution in [0, 0.1) is 6.92 Å². The molecule has 0 amide bonds. The summed E-state index contributed by atoms with van der Waals surface area (Å²) in [6.45, 7) is 1.90. The molecule has 0 aliphatic carbocycles. The summed E-state index contributed by atoms with van der Waals surface area (Å²) in [5.74, 6) is 0. The van der Waals surface area contributed by atoms with Crippen molar-refractivity contribution in [2.24, 2.45) is 5.10 Å². The predicted molar refractivity (Wildman–Crippen MR) is 166 cm³/mol. The second-order valence-electron chi connectivity index (χ2n) is 9.66. The van der Waals surface area contributed by atoms with E-state index in [0.29, 0.717) is 22.4 Å². The summed E-state index contributed by atoms with van der Waals surface area (Å²) >= 11 is 7.03. The van der Waals surface area contributed by atoms with Crippen molar-refractivity contribution in [3.8, 4) is 11.1 Å². The molecule has 6 nitrogen and oxygen atoms in total. The Morgan fingerprint density at radius 3 is 2.23 bits per heavy atom. The highest BCUT2D eigenvalue weighted by molar-refractivity contribution is 9.10. The van der Waals surface area contributed by atoms with Crippen molar-refractivity contribution in [3.05, 3.63) is 133 Å². The molecule has 1 aliphatic heterocycles. The second kappa shape index (κ2) is 10.5. The van der Waals surface area contributed by atoms with Crippen molar-refractivity contribution in [2.45, 2.75) is 24.3 Å². The van der Waals surface area contributed by atoms with Crippen LogP contribution in [-0.4, -0.2) is 23.5 Å². The van der Waals surface area contributed by atoms with Crippen LogP contribution in [0.15, 0.2) is 121 Å². The summed E-state index contributed by atoms with van der Waals surface area (Å²) < 4.78 is 31.1. The predicted octanol–water partition coefficient (Wildman–Crippen LogP) is 7.57. The number of sulfonamides is 1. The maximum atomic E-state index is 14.1. The van der Waals surface area contributed by atoms with Crippen LogP contribution in [0.25, 0.3) is 22.0 Å². The molecule has 1 unspecified atom stereocenters. The number of pyridine rings is 1. The van der Waals surface area contributed by atoms with Gasteiger partial charge in [-0.05, 0) is 60.5 Å². The molecule has 1 atom stereocenters. The number of fused-ring (bicyclic) bond motifs is 1. The average molecular weight is 677 g/mol. The van der Waals surface area contributed by atoms with Gasteiger partial charge in [0.1, 0.15) is 6.04 Å². The Hall–Kier alpha value is -3.53. The highest BCUT2D eigenvalue weighted by Crippen LogP contribution is 2.42. The Morgan fingerprint density at radius 2 is 1.52 bits per heavy atom. The van der Waals surface area contributed by atoms with Crippen molar-refractivity contribution in [1.29, 1.82) is 0 Å². The van der Waals surface area contributed by atoms with Gasteiger partial charge in [-0.2, -0.15) is 17.9 Å². The standard InChI is InChI=1S/C31H23Br2N3O3S/c1-19-7-14-24(15-8-19)40(38,39)36-28(18-27(35-36)20-9-11-22(32)12-10-20)30-29(21-5-3-2-4-6-21)25-17-23(33)13-16-26(25)34-31(30)37/h2-17,28H,18H2,1H3,(H,34,37). The summed E-state index contributed by atoms with van der Waals surface area (Å²) in [7, 11) is -4.10. The number of benzene rings is 4. The molecule has 0 saturated carbocycles. The van der Waals surface area contributed by atoms with Gasteiger partial charge in [0, 0.05) is 31.8 Å². The maximum absolute atomic E-state index is 14.1. The molecule has 0 radical (unpaired) electrons. The summed E-state index contributed by atoms with van der Waals surface area (Å²) in [5.41, 5.74) is 4.48. The zero-order valence-electron chi connectivity index (χ0n) is 21.3. The Kier molecular flexibility index (Phi) is 6.98. The van der Waals surface area contributed by atoms with E-state index >= 15 is 0 Å². The van der Waals surface area contributed by atoms with Crippen molar-refractivity contribution in [3.63, 3.8) is 0 Å². The lowest BCUT2D eigenvalue weighted by Crippen LogP contribution is -2.31. The van der Waals surface area contributed by atoms with Gasteiger partial charge in [-0.3, -0.25) is 4.79 Å². The van der Waals surface area contributed by atoms with Gasteiger partial charge in [0.25, 0.3) is 15.6 Å². The molecule has 40 heavy (non-hydrogen) atoms. The first-order valence-corrected chi connectivity index (χ1v) is 15.6. The van der Waals surface area contributed by atoms with E-state index in [4.69, 9.17) is 0 Å². The van der Waals surface area contributed by atoms with Crippen LogP contribution in [0.5, 0.6) is 0 Å². The smallest absolute Gasteiger partial charge is 0.279 e. The van der Waals surface area contributed by atoms with Gasteiger partial charge in [-0.1, -0.05) is 92.0 Å². The lowest BCUT2D eigenvalue weighted by molar-refractivity contribution is 0.370. The molecule has 6 rings (SSSR count). The van der Waals surface area contributed by atoms with Gasteiger partial charge in [0.05, 0.1) is 16.2 Å². The number of halogens is 2. The number of rotatable bonds is 5. The second-order valence-corrected chi connectivity index (χ2v) is 13.3. The Labute approximate surface area is 248 Å². The van der Waals surface area contributed by atoms with Crippen LogP contribution in [0.3, 0.4) is 0 Å². The zero-order chi connectivity index (χ0) is 28.0. The van der Waals surface area contributed by atoms with E-state index in [2.05, 4.69) is 41.9 Å². The number of hydrazone groups is 1. The number of hydrogen-bond donors (Lipinski definition) is 1. The first-order chi connectivity index (χ1) is 19.2. The van der Waals surface area contributed by atoms with Crippen LogP contribution in [0.1, 0.15) is 29.2 Å². The van der Waals surface area contributed by atoms with Gasteiger partial charge >= 0.3 is 0 Å². The number of nitrogens with zero attached hydrogens (tertiary/aromatic N) is 2. The molecule has 9 heteroatoms. The van der Waals surface area contributed by atoms with E-state index in [1.807, 2.05) is 79.7 Å². The third-order valence-corrected chi connectivity index (χ3v) is 9.74. The maximum Gasteiger partial charge on any atom is 0.279 e. The van der Waals surface area contributed by atoms with Gasteiger partial charge < -0.3 is 4.98 Å². The van der Waals surface area contributed by atoms with E-state index in [1.165, 1.54) is 0 Å². The molecular weight excluding hydrogens is 654 g/mol. The minimum absolute atomic E-state index is 0.116. The van der Waals surface area contributed by atoms with Gasteiger partial charge in [-0.15, -0.1) is 0 Å². The Bertz CT molecular complexity index is 1940. The molecule has 0 saturated heterocycles. The average Bonchev–Trinajstić information content (AvgIpc) is 3.40. The largest absolute Gasteiger partial charge is 0.322 e. The van der Waals surface area contributed by atoms with Gasteiger partial charge in [0.15, 0.2) is 0 Å². The monoisotopic (exact) mass is 675 g/mol. The van der Waals surface area contributed by atoms with Crippen LogP contribution in [0.2, 0.25) is 0 Å². The number of H-pyrrole nitrogens is 1. The molecule has 1 aromatic heterocycles. The molecule has 0 fully saturated rings. The Balaban J connectivity index is 1.62. The summed E-state index contributed by atoms with van der Waals surface area (Å²) in [5, 5.41) is 5.48. The lowest BCUT2D eigenvalue weighted by Gasteiger charge is -2.25. The van der Waals surface area contributed by atoms with Crippen molar-refractivity contribution in [2.75, 3.05) is 0 Å². The molecular formula is C31H23Br2N3O3S. The molecule has 0 spiro atoms. The van der Waals surface area contributed by atoms with Crippen LogP contribution < -0.4 is 5.56 Å². The van der Waals surface area contributed by atoms with E-state index in [9.17, 15) is 13.2 Å². The number of nitrogens with one attached hydrogen (secondary N) is 1. The fourth-order valence-electron chi connectivity index (χ4n) is 5.07. The van der Waals surface area contributed by atoms with E-state index in [0.717, 1.165) is 35.4 Å². The van der Waals surface area contributed by atoms with E-state index in [1.54, 1.807) is 24.3 Å². The quantitative estimate of drug-likeness (QED) is 0.209. The fourth-order valence-corrected chi connectivity index (χ4v) is 7.12. The van der Waals surface area contributed by atoms with Crippen molar-refractivity contribution < 1.29 is 8.42 Å². The molecule has 200 valence electrons. The summed E-state index contributed by atoms with van der Waals surface area (Å²) in [4.78, 5) is 17.0. The lowest BCUT2D eigenvalue weighted by atomic mass is 9.90. The number of aromatic amines is 1. The summed E-state index contributed by atoms with van der Waals surface area (Å²) in [6.07, 6.45) is 0.231. The molecule has 5 aromatic rings. The normalized spacial score (nSPS) is 15.4. The summed E-state index contributed by atoms with van der Waals surface area (Å²) in [6, 6.07) is 28.6. The Morgan fingerprint density at radius 1 is 0.850 bits per heavy atom. The zero-order valence-corrected chi connectivity index (χ0v) is 25.3. The SMILES string of the molecule is Cc1ccc(S(=O)(=O)N2N=C(c3ccc(Br)cc3)CC2c2c(-c3ccccc3)c3cc(Br)ccc3[nH]c2=O)cc1. The fraction of sp³-hybridized carbons (Fsp3) is 0.0968. The van der Waals surface area contributed by atoms with Crippen LogP contribution in [0.4, 0.5) is 0 Å². The van der Waals surface area contributed by atoms with Crippen LogP contribution >= 0.6 is 31.9 Å². The molecule has 2 heterocycles. The number of aromatic nitrogens is 1. The first kappa shape index (κ1) is 26.7. The topological polar surface area (TPSA) is 82.6 Å². The number of aryl methyl sites for hydroxylation is 1. The molecule has 0 bridgehead atoms. The van der Waals surface area contributed by atoms with Crippen molar-refractivity contribution in [1.82, 2.24) is 9.40 Å². The van der Waals surface area contributed by atoms with Crippen molar-refractivity contribution >= 4 is 58.5 Å². The van der Waals surface area contributed by atoms with Crippen LogP contribution in [-0.2, 0) is 10.0 Å². The number of hydrogen-bond acceptors (Lipinski definition) is 4. The van der Waals surface area contributed by atoms with Gasteiger partial charge in [-0.25, -0.2) is 0 Å². The minimum atomic E-state index is -4.10.